The summed E-state index contributed by atoms with van der Waals surface area (Å²) in [6.07, 6.45) is 1.52. The van der Waals surface area contributed by atoms with Crippen LogP contribution >= 0.6 is 0 Å². The van der Waals surface area contributed by atoms with Gasteiger partial charge in [-0.1, -0.05) is 12.1 Å². The lowest BCUT2D eigenvalue weighted by atomic mass is 9.79. The zero-order valence-corrected chi connectivity index (χ0v) is 15.2. The highest BCUT2D eigenvalue weighted by Crippen LogP contribution is 2.36. The van der Waals surface area contributed by atoms with Crippen LogP contribution in [0, 0.1) is 0 Å². The fourth-order valence-electron chi connectivity index (χ4n) is 2.42. The molecule has 1 heterocycles. The Morgan fingerprint density at radius 3 is 2.30 bits per heavy atom. The second kappa shape index (κ2) is 6.46. The fourth-order valence-corrected chi connectivity index (χ4v) is 2.42. The summed E-state index contributed by atoms with van der Waals surface area (Å²) in [6, 6.07) is 7.84. The fraction of sp³-hybridized carbons (Fsp3) is 0.667. The van der Waals surface area contributed by atoms with Gasteiger partial charge in [-0.2, -0.15) is 0 Å². The number of benzene rings is 1. The van der Waals surface area contributed by atoms with E-state index in [1.807, 2.05) is 65.8 Å². The monoisotopic (exact) mass is 320 g/mol. The molecule has 0 aliphatic carbocycles. The molecule has 1 fully saturated rings. The first kappa shape index (κ1) is 18.3. The minimum absolute atomic E-state index is 0.346. The summed E-state index contributed by atoms with van der Waals surface area (Å²) in [4.78, 5) is 0. The molecule has 5 heteroatoms. The maximum absolute atomic E-state index is 9.71. The van der Waals surface area contributed by atoms with Crippen molar-refractivity contribution in [2.24, 2.45) is 0 Å². The zero-order chi connectivity index (χ0) is 17.3. The molecule has 1 aromatic rings. The van der Waals surface area contributed by atoms with Crippen molar-refractivity contribution in [3.05, 3.63) is 24.3 Å². The van der Waals surface area contributed by atoms with Gasteiger partial charge in [0.1, 0.15) is 5.75 Å². The van der Waals surface area contributed by atoms with E-state index in [0.29, 0.717) is 13.0 Å². The van der Waals surface area contributed by atoms with Gasteiger partial charge < -0.3 is 19.2 Å². The number of hydrogen-bond acceptors (Lipinski definition) is 4. The van der Waals surface area contributed by atoms with Gasteiger partial charge in [-0.25, -0.2) is 0 Å². The normalized spacial score (nSPS) is 19.9. The van der Waals surface area contributed by atoms with Crippen molar-refractivity contribution in [2.45, 2.75) is 71.2 Å². The minimum atomic E-state index is -0.645. The highest BCUT2D eigenvalue weighted by atomic mass is 16.7. The third kappa shape index (κ3) is 4.72. The molecule has 1 aliphatic rings. The number of ether oxygens (including phenoxy) is 1. The van der Waals surface area contributed by atoms with Crippen LogP contribution in [0.1, 0.15) is 54.4 Å². The Bertz CT molecular complexity index is 518. The molecule has 0 amide bonds. The van der Waals surface area contributed by atoms with Gasteiger partial charge in [0, 0.05) is 0 Å². The molecule has 0 bridgehead atoms. The molecular formula is C18H29BO4. The van der Waals surface area contributed by atoms with Crippen LogP contribution in [0.25, 0.3) is 0 Å². The molecule has 1 saturated heterocycles. The van der Waals surface area contributed by atoms with Crippen LogP contribution in [0.15, 0.2) is 24.3 Å². The average molecular weight is 320 g/mol. The minimum Gasteiger partial charge on any atom is -0.494 e. The summed E-state index contributed by atoms with van der Waals surface area (Å²) in [6.45, 7) is 12.4. The van der Waals surface area contributed by atoms with Crippen molar-refractivity contribution >= 4 is 12.6 Å². The maximum Gasteiger partial charge on any atom is 0.494 e. The summed E-state index contributed by atoms with van der Waals surface area (Å²) < 4.78 is 17.9. The van der Waals surface area contributed by atoms with E-state index in [9.17, 15) is 5.11 Å². The lowest BCUT2D eigenvalue weighted by molar-refractivity contribution is 0.00578. The van der Waals surface area contributed by atoms with E-state index in [1.54, 1.807) is 0 Å². The molecule has 0 saturated carbocycles. The van der Waals surface area contributed by atoms with Crippen LogP contribution in [0.2, 0.25) is 0 Å². The SMILES string of the molecule is CC(C)(O)CCCOc1cccc(B2OC(C)(C)C(C)(C)O2)c1. The maximum atomic E-state index is 9.71. The van der Waals surface area contributed by atoms with E-state index < -0.39 is 5.60 Å². The lowest BCUT2D eigenvalue weighted by Crippen LogP contribution is -2.41. The van der Waals surface area contributed by atoms with E-state index in [-0.39, 0.29) is 18.3 Å². The Kier molecular flexibility index (Phi) is 5.14. The summed E-state index contributed by atoms with van der Waals surface area (Å²) in [5.41, 5.74) is -0.375. The summed E-state index contributed by atoms with van der Waals surface area (Å²) in [7, 11) is -0.375. The molecule has 1 aromatic carbocycles. The Morgan fingerprint density at radius 1 is 1.13 bits per heavy atom. The molecule has 2 rings (SSSR count). The Morgan fingerprint density at radius 2 is 1.74 bits per heavy atom. The van der Waals surface area contributed by atoms with Crippen LogP contribution in [-0.2, 0) is 9.31 Å². The zero-order valence-electron chi connectivity index (χ0n) is 15.2. The van der Waals surface area contributed by atoms with Crippen molar-refractivity contribution in [1.82, 2.24) is 0 Å². The first-order chi connectivity index (χ1) is 10.5. The third-order valence-corrected chi connectivity index (χ3v) is 4.59. The van der Waals surface area contributed by atoms with Crippen molar-refractivity contribution < 1.29 is 19.2 Å². The quantitative estimate of drug-likeness (QED) is 0.647. The van der Waals surface area contributed by atoms with Gasteiger partial charge in [-0.05, 0) is 72.0 Å². The second-order valence-electron chi connectivity index (χ2n) is 7.93. The van der Waals surface area contributed by atoms with Crippen molar-refractivity contribution in [1.29, 1.82) is 0 Å². The van der Waals surface area contributed by atoms with Gasteiger partial charge >= 0.3 is 7.12 Å². The predicted octanol–water partition coefficient (Wildman–Crippen LogP) is 2.92. The Balaban J connectivity index is 1.96. The average Bonchev–Trinajstić information content (AvgIpc) is 2.63. The van der Waals surface area contributed by atoms with Gasteiger partial charge in [0.25, 0.3) is 0 Å². The molecule has 23 heavy (non-hydrogen) atoms. The molecular weight excluding hydrogens is 291 g/mol. The molecule has 0 unspecified atom stereocenters. The molecule has 0 atom stereocenters. The highest BCUT2D eigenvalue weighted by Gasteiger charge is 2.51. The van der Waals surface area contributed by atoms with E-state index in [1.165, 1.54) is 0 Å². The van der Waals surface area contributed by atoms with Gasteiger partial charge in [-0.3, -0.25) is 0 Å². The van der Waals surface area contributed by atoms with E-state index in [4.69, 9.17) is 14.0 Å². The standard InChI is InChI=1S/C18H29BO4/c1-16(2,20)11-8-12-21-15-10-7-9-14(13-15)19-22-17(3,4)18(5,6)23-19/h7,9-10,13,20H,8,11-12H2,1-6H3. The summed E-state index contributed by atoms with van der Waals surface area (Å²) in [5, 5.41) is 9.71. The third-order valence-electron chi connectivity index (χ3n) is 4.59. The van der Waals surface area contributed by atoms with Crippen LogP contribution in [0.5, 0.6) is 5.75 Å². The number of aliphatic hydroxyl groups is 1. The van der Waals surface area contributed by atoms with Crippen molar-refractivity contribution in [3.63, 3.8) is 0 Å². The van der Waals surface area contributed by atoms with Crippen LogP contribution < -0.4 is 10.2 Å². The number of rotatable bonds is 6. The molecule has 1 aliphatic heterocycles. The second-order valence-corrected chi connectivity index (χ2v) is 7.93. The van der Waals surface area contributed by atoms with Gasteiger partial charge in [0.05, 0.1) is 23.4 Å². The predicted molar refractivity (Wildman–Crippen MR) is 93.2 cm³/mol. The van der Waals surface area contributed by atoms with E-state index in [2.05, 4.69) is 0 Å². The Hall–Kier alpha value is -1.04. The van der Waals surface area contributed by atoms with E-state index in [0.717, 1.165) is 17.6 Å². The van der Waals surface area contributed by atoms with Crippen LogP contribution in [0.4, 0.5) is 0 Å². The number of hydrogen-bond donors (Lipinski definition) is 1. The molecule has 128 valence electrons. The van der Waals surface area contributed by atoms with Gasteiger partial charge in [0.2, 0.25) is 0 Å². The molecule has 1 N–H and O–H groups in total. The largest absolute Gasteiger partial charge is 0.494 e. The highest BCUT2D eigenvalue weighted by molar-refractivity contribution is 6.62. The van der Waals surface area contributed by atoms with Crippen molar-refractivity contribution in [2.75, 3.05) is 6.61 Å². The topological polar surface area (TPSA) is 47.9 Å². The first-order valence-electron chi connectivity index (χ1n) is 8.31. The molecule has 4 nitrogen and oxygen atoms in total. The summed E-state index contributed by atoms with van der Waals surface area (Å²) in [5.74, 6) is 0.799. The molecule has 0 aromatic heterocycles. The smallest absolute Gasteiger partial charge is 0.494 e. The van der Waals surface area contributed by atoms with Gasteiger partial charge in [0.15, 0.2) is 0 Å². The van der Waals surface area contributed by atoms with E-state index >= 15 is 0 Å². The first-order valence-corrected chi connectivity index (χ1v) is 8.31. The van der Waals surface area contributed by atoms with Crippen molar-refractivity contribution in [3.8, 4) is 5.75 Å². The molecule has 0 spiro atoms. The van der Waals surface area contributed by atoms with Crippen LogP contribution in [-0.4, -0.2) is 35.6 Å². The lowest BCUT2D eigenvalue weighted by Gasteiger charge is -2.32. The molecule has 0 radical (unpaired) electrons. The van der Waals surface area contributed by atoms with Crippen LogP contribution in [0.3, 0.4) is 0 Å². The summed E-state index contributed by atoms with van der Waals surface area (Å²) >= 11 is 0. The van der Waals surface area contributed by atoms with Gasteiger partial charge in [-0.15, -0.1) is 0 Å². The Labute approximate surface area is 140 Å².